The number of benzene rings is 1. The number of rotatable bonds is 4. The van der Waals surface area contributed by atoms with Gasteiger partial charge < -0.3 is 19.3 Å². The van der Waals surface area contributed by atoms with Crippen LogP contribution < -0.4 is 0 Å². The van der Waals surface area contributed by atoms with Gasteiger partial charge in [0, 0.05) is 44.6 Å². The number of para-hydroxylation sites is 1. The maximum absolute atomic E-state index is 12.4. The summed E-state index contributed by atoms with van der Waals surface area (Å²) >= 11 is 0. The van der Waals surface area contributed by atoms with E-state index in [0.717, 1.165) is 24.5 Å². The third-order valence-electron chi connectivity index (χ3n) is 5.07. The zero-order valence-corrected chi connectivity index (χ0v) is 14.2. The number of phenols is 1. The monoisotopic (exact) mass is 342 g/mol. The van der Waals surface area contributed by atoms with Gasteiger partial charge in [-0.3, -0.25) is 9.69 Å². The zero-order chi connectivity index (χ0) is 17.4. The van der Waals surface area contributed by atoms with Crippen LogP contribution in [0.3, 0.4) is 0 Å². The Morgan fingerprint density at radius 2 is 2.12 bits per heavy atom. The van der Waals surface area contributed by atoms with Gasteiger partial charge in [-0.2, -0.15) is 0 Å². The van der Waals surface area contributed by atoms with E-state index in [1.54, 1.807) is 12.3 Å². The average Bonchev–Trinajstić information content (AvgIpc) is 3.18. The second-order valence-corrected chi connectivity index (χ2v) is 6.72. The highest BCUT2D eigenvalue weighted by molar-refractivity contribution is 5.78. The number of carbonyl (C=O) groups excluding carboxylic acids is 1. The number of fused-ring (bicyclic) bond motifs is 1. The molecule has 1 aromatic heterocycles. The summed E-state index contributed by atoms with van der Waals surface area (Å²) in [6.07, 6.45) is 3.64. The van der Waals surface area contributed by atoms with E-state index in [4.69, 9.17) is 4.74 Å². The molecule has 0 saturated carbocycles. The number of morpholine rings is 1. The molecule has 0 unspecified atom stereocenters. The van der Waals surface area contributed by atoms with Gasteiger partial charge in [0.15, 0.2) is 0 Å². The lowest BCUT2D eigenvalue weighted by Crippen LogP contribution is -2.53. The van der Waals surface area contributed by atoms with E-state index in [-0.39, 0.29) is 24.7 Å². The summed E-state index contributed by atoms with van der Waals surface area (Å²) in [5, 5.41) is 9.99. The average molecular weight is 342 g/mol. The van der Waals surface area contributed by atoms with Crippen molar-refractivity contribution in [3.63, 3.8) is 0 Å². The number of imidazole rings is 1. The molecular weight excluding hydrogens is 320 g/mol. The van der Waals surface area contributed by atoms with E-state index >= 15 is 0 Å². The number of hydrogen-bond donors (Lipinski definition) is 1. The molecule has 2 aromatic rings. The number of phenolic OH excluding ortho intramolecular Hbond substituents is 1. The number of aromatic hydroxyl groups is 1. The maximum Gasteiger partial charge on any atom is 0.249 e. The highest BCUT2D eigenvalue weighted by Gasteiger charge is 2.43. The van der Waals surface area contributed by atoms with Crippen LogP contribution in [0, 0.1) is 0 Å². The molecule has 7 nitrogen and oxygen atoms in total. The molecular formula is C18H22N4O3. The second kappa shape index (κ2) is 6.50. The number of amides is 1. The number of carbonyl (C=O) groups is 1. The highest BCUT2D eigenvalue weighted by Crippen LogP contribution is 2.27. The molecule has 25 heavy (non-hydrogen) atoms. The van der Waals surface area contributed by atoms with E-state index in [9.17, 15) is 9.90 Å². The van der Waals surface area contributed by atoms with Crippen LogP contribution in [0.1, 0.15) is 11.4 Å². The van der Waals surface area contributed by atoms with Crippen LogP contribution in [0.5, 0.6) is 5.75 Å². The third kappa shape index (κ3) is 3.12. The predicted molar refractivity (Wildman–Crippen MR) is 90.7 cm³/mol. The van der Waals surface area contributed by atoms with Gasteiger partial charge in [-0.1, -0.05) is 18.2 Å². The van der Waals surface area contributed by atoms with Crippen LogP contribution >= 0.6 is 0 Å². The van der Waals surface area contributed by atoms with Gasteiger partial charge in [-0.05, 0) is 6.07 Å². The largest absolute Gasteiger partial charge is 0.508 e. The minimum Gasteiger partial charge on any atom is -0.508 e. The molecule has 1 N–H and O–H groups in total. The first-order valence-electron chi connectivity index (χ1n) is 8.48. The molecule has 1 amide bonds. The topological polar surface area (TPSA) is 70.8 Å². The van der Waals surface area contributed by atoms with Gasteiger partial charge in [0.05, 0.1) is 18.7 Å². The zero-order valence-electron chi connectivity index (χ0n) is 14.2. The van der Waals surface area contributed by atoms with Gasteiger partial charge >= 0.3 is 0 Å². The van der Waals surface area contributed by atoms with Crippen LogP contribution in [-0.4, -0.2) is 62.2 Å². The number of likely N-dealkylation sites (tertiary alicyclic amines) is 1. The molecule has 0 aliphatic carbocycles. The number of ether oxygens (including phenoxy) is 1. The number of nitrogens with zero attached hydrogens (tertiary/aromatic N) is 4. The minimum absolute atomic E-state index is 0.00354. The third-order valence-corrected chi connectivity index (χ3v) is 5.07. The van der Waals surface area contributed by atoms with E-state index in [2.05, 4.69) is 9.88 Å². The molecule has 132 valence electrons. The van der Waals surface area contributed by atoms with Crippen molar-refractivity contribution in [2.45, 2.75) is 25.2 Å². The van der Waals surface area contributed by atoms with Gasteiger partial charge in [0.2, 0.25) is 5.91 Å². The Kier molecular flexibility index (Phi) is 4.19. The molecule has 0 spiro atoms. The standard InChI is InChI=1S/C18H22N4O3/c1-20-7-6-19-17(20)11-22-14-9-21(10-16(14)25-12-18(22)24)8-13-4-2-3-5-15(13)23/h2-7,14,16,23H,8-12H2,1H3/t14-,16+/m1/s1. The van der Waals surface area contributed by atoms with Crippen molar-refractivity contribution >= 4 is 5.91 Å². The number of aromatic nitrogens is 2. The van der Waals surface area contributed by atoms with E-state index in [1.165, 1.54) is 0 Å². The molecule has 2 aliphatic heterocycles. The Morgan fingerprint density at radius 3 is 2.88 bits per heavy atom. The van der Waals surface area contributed by atoms with Gasteiger partial charge in [-0.25, -0.2) is 4.98 Å². The number of hydrogen-bond acceptors (Lipinski definition) is 5. The van der Waals surface area contributed by atoms with Crippen LogP contribution in [0.25, 0.3) is 0 Å². The first-order valence-corrected chi connectivity index (χ1v) is 8.48. The normalized spacial score (nSPS) is 23.9. The molecule has 4 rings (SSSR count). The minimum atomic E-state index is 0.00354. The summed E-state index contributed by atoms with van der Waals surface area (Å²) in [5.74, 6) is 1.18. The summed E-state index contributed by atoms with van der Waals surface area (Å²) < 4.78 is 7.71. The van der Waals surface area contributed by atoms with Crippen molar-refractivity contribution in [2.24, 2.45) is 7.05 Å². The Morgan fingerprint density at radius 1 is 1.28 bits per heavy atom. The van der Waals surface area contributed by atoms with Crippen molar-refractivity contribution in [3.05, 3.63) is 48.0 Å². The highest BCUT2D eigenvalue weighted by atomic mass is 16.5. The van der Waals surface area contributed by atoms with Crippen molar-refractivity contribution in [1.29, 1.82) is 0 Å². The molecule has 2 saturated heterocycles. The summed E-state index contributed by atoms with van der Waals surface area (Å²) in [7, 11) is 1.93. The SMILES string of the molecule is Cn1ccnc1CN1C(=O)CO[C@H]2CN(Cc3ccccc3O)C[C@H]21. The van der Waals surface area contributed by atoms with Crippen LogP contribution in [-0.2, 0) is 29.7 Å². The molecule has 2 fully saturated rings. The molecule has 0 radical (unpaired) electrons. The molecule has 7 heteroatoms. The summed E-state index contributed by atoms with van der Waals surface area (Å²) in [4.78, 5) is 20.9. The predicted octanol–water partition coefficient (Wildman–Crippen LogP) is 0.737. The summed E-state index contributed by atoms with van der Waals surface area (Å²) in [6.45, 7) is 2.75. The van der Waals surface area contributed by atoms with Crippen molar-refractivity contribution in [2.75, 3.05) is 19.7 Å². The fraction of sp³-hybridized carbons (Fsp3) is 0.444. The fourth-order valence-corrected chi connectivity index (χ4v) is 3.66. The Labute approximate surface area is 146 Å². The Bertz CT molecular complexity index is 775. The van der Waals surface area contributed by atoms with Crippen molar-refractivity contribution in [3.8, 4) is 5.75 Å². The van der Waals surface area contributed by atoms with Crippen molar-refractivity contribution in [1.82, 2.24) is 19.4 Å². The molecule has 3 heterocycles. The van der Waals surface area contributed by atoms with Crippen LogP contribution in [0.2, 0.25) is 0 Å². The molecule has 1 aromatic carbocycles. The van der Waals surface area contributed by atoms with Crippen molar-refractivity contribution < 1.29 is 14.6 Å². The first-order chi connectivity index (χ1) is 12.1. The smallest absolute Gasteiger partial charge is 0.249 e. The van der Waals surface area contributed by atoms with Gasteiger partial charge in [-0.15, -0.1) is 0 Å². The first kappa shape index (κ1) is 16.1. The molecule has 2 aliphatic rings. The molecule has 0 bridgehead atoms. The van der Waals surface area contributed by atoms with Gasteiger partial charge in [0.1, 0.15) is 18.2 Å². The summed E-state index contributed by atoms with van der Waals surface area (Å²) in [5.41, 5.74) is 0.892. The summed E-state index contributed by atoms with van der Waals surface area (Å²) in [6, 6.07) is 7.38. The fourth-order valence-electron chi connectivity index (χ4n) is 3.66. The van der Waals surface area contributed by atoms with Crippen LogP contribution in [0.4, 0.5) is 0 Å². The lowest BCUT2D eigenvalue weighted by atomic mass is 10.1. The second-order valence-electron chi connectivity index (χ2n) is 6.72. The van der Waals surface area contributed by atoms with Gasteiger partial charge in [0.25, 0.3) is 0 Å². The lowest BCUT2D eigenvalue weighted by molar-refractivity contribution is -0.154. The Hall–Kier alpha value is -2.38. The van der Waals surface area contributed by atoms with E-state index in [1.807, 2.05) is 40.9 Å². The van der Waals surface area contributed by atoms with E-state index in [0.29, 0.717) is 18.8 Å². The quantitative estimate of drug-likeness (QED) is 0.887. The lowest BCUT2D eigenvalue weighted by Gasteiger charge is -2.36. The van der Waals surface area contributed by atoms with E-state index < -0.39 is 0 Å². The number of aryl methyl sites for hydroxylation is 1. The molecule has 2 atom stereocenters. The maximum atomic E-state index is 12.4. The Balaban J connectivity index is 1.49. The van der Waals surface area contributed by atoms with Crippen LogP contribution in [0.15, 0.2) is 36.7 Å².